The van der Waals surface area contributed by atoms with Crippen molar-refractivity contribution in [2.45, 2.75) is 44.2 Å². The highest BCUT2D eigenvalue weighted by atomic mass is 19.1. The van der Waals surface area contributed by atoms with E-state index in [1.54, 1.807) is 4.90 Å². The van der Waals surface area contributed by atoms with Gasteiger partial charge in [0.15, 0.2) is 0 Å². The molecule has 5 heteroatoms. The zero-order chi connectivity index (χ0) is 15.0. The van der Waals surface area contributed by atoms with Crippen molar-refractivity contribution in [2.75, 3.05) is 18.0 Å². The second-order valence-corrected chi connectivity index (χ2v) is 6.35. The van der Waals surface area contributed by atoms with Gasteiger partial charge in [0.2, 0.25) is 0 Å². The summed E-state index contributed by atoms with van der Waals surface area (Å²) in [7, 11) is 0. The first kappa shape index (κ1) is 14.7. The second-order valence-electron chi connectivity index (χ2n) is 6.35. The van der Waals surface area contributed by atoms with Crippen LogP contribution in [0.4, 0.5) is 14.5 Å². The average molecular weight is 296 g/mol. The number of nitrogens with zero attached hydrogens (tertiary/aromatic N) is 1. The van der Waals surface area contributed by atoms with E-state index in [1.807, 2.05) is 0 Å². The number of aliphatic hydroxyl groups is 1. The number of piperidine rings is 1. The summed E-state index contributed by atoms with van der Waals surface area (Å²) in [6.07, 6.45) is 4.44. The SMILES string of the molecule is NCc1cc(F)c(N2CCC3(O)CCCCC3C2)c(F)c1. The van der Waals surface area contributed by atoms with Gasteiger partial charge in [-0.1, -0.05) is 12.8 Å². The van der Waals surface area contributed by atoms with Crippen LogP contribution in [0.2, 0.25) is 0 Å². The summed E-state index contributed by atoms with van der Waals surface area (Å²) >= 11 is 0. The molecule has 1 aromatic rings. The molecule has 2 unspecified atom stereocenters. The van der Waals surface area contributed by atoms with E-state index in [4.69, 9.17) is 5.73 Å². The number of benzene rings is 1. The summed E-state index contributed by atoms with van der Waals surface area (Å²) in [6.45, 7) is 1.13. The maximum Gasteiger partial charge on any atom is 0.149 e. The van der Waals surface area contributed by atoms with Gasteiger partial charge in [-0.15, -0.1) is 0 Å². The summed E-state index contributed by atoms with van der Waals surface area (Å²) in [5.74, 6) is -1.01. The van der Waals surface area contributed by atoms with E-state index in [0.29, 0.717) is 25.1 Å². The minimum atomic E-state index is -0.640. The molecule has 1 saturated heterocycles. The Hall–Kier alpha value is -1.20. The molecule has 2 aliphatic rings. The fraction of sp³-hybridized carbons (Fsp3) is 0.625. The Balaban J connectivity index is 1.85. The Bertz CT molecular complexity index is 514. The van der Waals surface area contributed by atoms with E-state index in [9.17, 15) is 13.9 Å². The molecule has 0 aromatic heterocycles. The maximum absolute atomic E-state index is 14.2. The van der Waals surface area contributed by atoms with Crippen LogP contribution in [0, 0.1) is 17.6 Å². The second kappa shape index (κ2) is 5.54. The van der Waals surface area contributed by atoms with Gasteiger partial charge in [0.05, 0.1) is 5.60 Å². The van der Waals surface area contributed by atoms with Gasteiger partial charge in [0, 0.05) is 25.6 Å². The van der Waals surface area contributed by atoms with Crippen molar-refractivity contribution in [3.05, 3.63) is 29.3 Å². The smallest absolute Gasteiger partial charge is 0.149 e. The number of hydrogen-bond donors (Lipinski definition) is 2. The van der Waals surface area contributed by atoms with Gasteiger partial charge < -0.3 is 15.7 Å². The maximum atomic E-state index is 14.2. The third-order valence-electron chi connectivity index (χ3n) is 5.06. The fourth-order valence-electron chi connectivity index (χ4n) is 3.81. The number of nitrogens with two attached hydrogens (primary N) is 1. The topological polar surface area (TPSA) is 49.5 Å². The van der Waals surface area contributed by atoms with E-state index in [1.165, 1.54) is 12.1 Å². The molecule has 1 saturated carbocycles. The molecule has 1 aliphatic carbocycles. The molecule has 21 heavy (non-hydrogen) atoms. The molecule has 0 radical (unpaired) electrons. The number of fused-ring (bicyclic) bond motifs is 1. The largest absolute Gasteiger partial charge is 0.389 e. The molecule has 3 N–H and O–H groups in total. The van der Waals surface area contributed by atoms with E-state index in [2.05, 4.69) is 0 Å². The minimum Gasteiger partial charge on any atom is -0.389 e. The number of anilines is 1. The van der Waals surface area contributed by atoms with E-state index < -0.39 is 17.2 Å². The number of rotatable bonds is 2. The Morgan fingerprint density at radius 1 is 1.24 bits per heavy atom. The van der Waals surface area contributed by atoms with Gasteiger partial charge in [-0.2, -0.15) is 0 Å². The molecule has 0 bridgehead atoms. The summed E-state index contributed by atoms with van der Waals surface area (Å²) < 4.78 is 28.4. The number of hydrogen-bond acceptors (Lipinski definition) is 3. The van der Waals surface area contributed by atoms with Crippen molar-refractivity contribution in [1.82, 2.24) is 0 Å². The summed E-state index contributed by atoms with van der Waals surface area (Å²) in [5.41, 5.74) is 5.29. The van der Waals surface area contributed by atoms with Crippen LogP contribution < -0.4 is 10.6 Å². The van der Waals surface area contributed by atoms with Gasteiger partial charge in [-0.05, 0) is 37.0 Å². The predicted molar refractivity (Wildman–Crippen MR) is 78.0 cm³/mol. The van der Waals surface area contributed by atoms with Gasteiger partial charge in [0.1, 0.15) is 17.3 Å². The Morgan fingerprint density at radius 2 is 1.95 bits per heavy atom. The minimum absolute atomic E-state index is 0.0276. The molecular formula is C16H22F2N2O. The lowest BCUT2D eigenvalue weighted by Crippen LogP contribution is -2.53. The predicted octanol–water partition coefficient (Wildman–Crippen LogP) is 2.55. The summed E-state index contributed by atoms with van der Waals surface area (Å²) in [5, 5.41) is 10.6. The highest BCUT2D eigenvalue weighted by molar-refractivity contribution is 5.51. The standard InChI is InChI=1S/C16H22F2N2O/c17-13-7-11(9-19)8-14(18)15(13)20-6-5-16(21)4-2-1-3-12(16)10-20/h7-8,12,21H,1-6,9-10,19H2. The molecule has 2 atom stereocenters. The van der Waals surface area contributed by atoms with Crippen molar-refractivity contribution in [3.63, 3.8) is 0 Å². The van der Waals surface area contributed by atoms with Crippen LogP contribution >= 0.6 is 0 Å². The zero-order valence-electron chi connectivity index (χ0n) is 12.1. The van der Waals surface area contributed by atoms with Crippen LogP contribution in [0.15, 0.2) is 12.1 Å². The van der Waals surface area contributed by atoms with Crippen LogP contribution in [-0.2, 0) is 6.54 Å². The van der Waals surface area contributed by atoms with Crippen LogP contribution in [0.1, 0.15) is 37.7 Å². The van der Waals surface area contributed by atoms with Crippen molar-refractivity contribution in [2.24, 2.45) is 11.7 Å². The molecule has 116 valence electrons. The highest BCUT2D eigenvalue weighted by Gasteiger charge is 2.43. The fourth-order valence-corrected chi connectivity index (χ4v) is 3.81. The first-order valence-corrected chi connectivity index (χ1v) is 7.69. The highest BCUT2D eigenvalue weighted by Crippen LogP contribution is 2.41. The average Bonchev–Trinajstić information content (AvgIpc) is 2.46. The normalized spacial score (nSPS) is 29.3. The number of halogens is 2. The lowest BCUT2D eigenvalue weighted by atomic mass is 9.71. The first-order valence-electron chi connectivity index (χ1n) is 7.69. The molecule has 2 fully saturated rings. The summed E-state index contributed by atoms with van der Waals surface area (Å²) in [4.78, 5) is 1.75. The van der Waals surface area contributed by atoms with Gasteiger partial charge in [-0.3, -0.25) is 0 Å². The molecule has 1 aliphatic heterocycles. The quantitative estimate of drug-likeness (QED) is 0.882. The van der Waals surface area contributed by atoms with Gasteiger partial charge in [0.25, 0.3) is 0 Å². The van der Waals surface area contributed by atoms with Crippen LogP contribution in [0.3, 0.4) is 0 Å². The summed E-state index contributed by atoms with van der Waals surface area (Å²) in [6, 6.07) is 2.61. The first-order chi connectivity index (χ1) is 10.0. The zero-order valence-corrected chi connectivity index (χ0v) is 12.1. The lowest BCUT2D eigenvalue weighted by Gasteiger charge is -2.48. The van der Waals surface area contributed by atoms with Gasteiger partial charge in [-0.25, -0.2) is 8.78 Å². The van der Waals surface area contributed by atoms with Crippen molar-refractivity contribution in [3.8, 4) is 0 Å². The Labute approximate surface area is 123 Å². The van der Waals surface area contributed by atoms with Crippen molar-refractivity contribution < 1.29 is 13.9 Å². The van der Waals surface area contributed by atoms with Crippen molar-refractivity contribution >= 4 is 5.69 Å². The molecule has 0 amide bonds. The van der Waals surface area contributed by atoms with Crippen LogP contribution in [-0.4, -0.2) is 23.8 Å². The molecule has 0 spiro atoms. The lowest BCUT2D eigenvalue weighted by molar-refractivity contribution is -0.0614. The van der Waals surface area contributed by atoms with Crippen molar-refractivity contribution in [1.29, 1.82) is 0 Å². The third-order valence-corrected chi connectivity index (χ3v) is 5.06. The third kappa shape index (κ3) is 2.64. The van der Waals surface area contributed by atoms with Crippen LogP contribution in [0.5, 0.6) is 0 Å². The molecular weight excluding hydrogens is 274 g/mol. The Kier molecular flexibility index (Phi) is 3.88. The van der Waals surface area contributed by atoms with E-state index in [0.717, 1.165) is 25.7 Å². The molecule has 1 aromatic carbocycles. The van der Waals surface area contributed by atoms with Gasteiger partial charge >= 0.3 is 0 Å². The van der Waals surface area contributed by atoms with Crippen LogP contribution in [0.25, 0.3) is 0 Å². The molecule has 3 rings (SSSR count). The molecule has 3 nitrogen and oxygen atoms in total. The monoisotopic (exact) mass is 296 g/mol. The Morgan fingerprint density at radius 3 is 2.62 bits per heavy atom. The van der Waals surface area contributed by atoms with E-state index >= 15 is 0 Å². The van der Waals surface area contributed by atoms with E-state index in [-0.39, 0.29) is 18.2 Å². The molecule has 1 heterocycles.